The number of amides is 4. The van der Waals surface area contributed by atoms with Gasteiger partial charge in [-0.3, -0.25) is 14.5 Å². The molecule has 0 aliphatic carbocycles. The topological polar surface area (TPSA) is 82.6 Å². The maximum Gasteiger partial charge on any atom is 0.324 e. The molecule has 8 heteroatoms. The Morgan fingerprint density at radius 1 is 1.40 bits per heavy atom. The number of hydrogen-bond acceptors (Lipinski definition) is 5. The normalized spacial score (nSPS) is 15.5. The number of urea groups is 1. The summed E-state index contributed by atoms with van der Waals surface area (Å²) in [6, 6.07) is 7.39. The van der Waals surface area contributed by atoms with E-state index < -0.39 is 0 Å². The fourth-order valence-corrected chi connectivity index (χ4v) is 3.76. The predicted octanol–water partition coefficient (Wildman–Crippen LogP) is 2.15. The van der Waals surface area contributed by atoms with Gasteiger partial charge >= 0.3 is 6.03 Å². The molecule has 2 aromatic rings. The molecule has 1 aliphatic rings. The number of rotatable bonds is 6. The van der Waals surface area contributed by atoms with Crippen molar-refractivity contribution in [1.82, 2.24) is 20.1 Å². The number of thiazole rings is 1. The van der Waals surface area contributed by atoms with Gasteiger partial charge in [0, 0.05) is 20.0 Å². The second kappa shape index (κ2) is 7.18. The molecule has 0 unspecified atom stereocenters. The Balaban J connectivity index is 1.56. The van der Waals surface area contributed by atoms with Crippen LogP contribution in [0.1, 0.15) is 30.8 Å². The third kappa shape index (κ3) is 3.63. The number of fused-ring (bicyclic) bond motifs is 1. The smallest absolute Gasteiger partial charge is 0.324 e. The minimum Gasteiger partial charge on any atom is -0.337 e. The number of hydrogen-bond donors (Lipinski definition) is 1. The molecule has 0 radical (unpaired) electrons. The van der Waals surface area contributed by atoms with E-state index in [-0.39, 0.29) is 43.4 Å². The van der Waals surface area contributed by atoms with Crippen molar-refractivity contribution in [3.63, 3.8) is 0 Å². The lowest BCUT2D eigenvalue weighted by molar-refractivity contribution is -0.132. The summed E-state index contributed by atoms with van der Waals surface area (Å²) in [6.07, 6.45) is 0.734. The average Bonchev–Trinajstić information content (AvgIpc) is 3.18. The Bertz CT molecular complexity index is 770. The lowest BCUT2D eigenvalue weighted by Crippen LogP contribution is -2.34. The van der Waals surface area contributed by atoms with Crippen LogP contribution in [0.2, 0.25) is 0 Å². The molecule has 4 amide bonds. The van der Waals surface area contributed by atoms with Gasteiger partial charge in [0.15, 0.2) is 0 Å². The third-order valence-corrected chi connectivity index (χ3v) is 5.56. The Hall–Kier alpha value is -2.48. The minimum absolute atomic E-state index is 0.0289. The molecule has 1 saturated heterocycles. The first kappa shape index (κ1) is 17.3. The fraction of sp³-hybridized carbons (Fsp3) is 0.412. The largest absolute Gasteiger partial charge is 0.337 e. The molecule has 0 spiro atoms. The van der Waals surface area contributed by atoms with Gasteiger partial charge in [0.05, 0.1) is 22.8 Å². The van der Waals surface area contributed by atoms with E-state index in [0.717, 1.165) is 20.1 Å². The number of nitrogens with one attached hydrogen (secondary N) is 1. The first-order valence-electron chi connectivity index (χ1n) is 8.16. The molecule has 1 N–H and O–H groups in total. The molecule has 1 fully saturated rings. The second-order valence-corrected chi connectivity index (χ2v) is 7.07. The van der Waals surface area contributed by atoms with Crippen molar-refractivity contribution in [3.05, 3.63) is 29.3 Å². The first-order valence-corrected chi connectivity index (χ1v) is 8.98. The number of imide groups is 1. The number of nitrogens with zero attached hydrogens (tertiary/aromatic N) is 3. The van der Waals surface area contributed by atoms with Crippen molar-refractivity contribution in [1.29, 1.82) is 0 Å². The van der Waals surface area contributed by atoms with E-state index >= 15 is 0 Å². The quantitative estimate of drug-likeness (QED) is 0.800. The van der Waals surface area contributed by atoms with Gasteiger partial charge in [-0.05, 0) is 25.5 Å². The maximum absolute atomic E-state index is 12.4. The summed E-state index contributed by atoms with van der Waals surface area (Å²) >= 11 is 1.59. The van der Waals surface area contributed by atoms with Gasteiger partial charge in [0.25, 0.3) is 0 Å². The molecule has 0 saturated carbocycles. The van der Waals surface area contributed by atoms with Crippen molar-refractivity contribution in [2.45, 2.75) is 25.8 Å². The number of para-hydroxylation sites is 1. The Morgan fingerprint density at radius 2 is 2.16 bits per heavy atom. The van der Waals surface area contributed by atoms with Gasteiger partial charge in [-0.15, -0.1) is 11.3 Å². The lowest BCUT2D eigenvalue weighted by Gasteiger charge is -2.23. The Labute approximate surface area is 149 Å². The van der Waals surface area contributed by atoms with Crippen LogP contribution in [-0.2, 0) is 9.59 Å². The van der Waals surface area contributed by atoms with Gasteiger partial charge in [-0.1, -0.05) is 12.1 Å². The van der Waals surface area contributed by atoms with Gasteiger partial charge in [0.1, 0.15) is 5.01 Å². The van der Waals surface area contributed by atoms with E-state index in [1.165, 1.54) is 0 Å². The van der Waals surface area contributed by atoms with Gasteiger partial charge in [-0.25, -0.2) is 9.78 Å². The number of benzene rings is 1. The summed E-state index contributed by atoms with van der Waals surface area (Å²) in [7, 11) is 1.76. The predicted molar refractivity (Wildman–Crippen MR) is 95.2 cm³/mol. The Morgan fingerprint density at radius 3 is 2.84 bits per heavy atom. The van der Waals surface area contributed by atoms with Crippen LogP contribution < -0.4 is 5.32 Å². The molecule has 3 rings (SSSR count). The third-order valence-electron chi connectivity index (χ3n) is 4.35. The zero-order valence-corrected chi connectivity index (χ0v) is 15.0. The molecule has 2 heterocycles. The average molecular weight is 360 g/mol. The molecule has 1 atom stereocenters. The van der Waals surface area contributed by atoms with Crippen LogP contribution in [0.15, 0.2) is 24.3 Å². The van der Waals surface area contributed by atoms with Crippen LogP contribution in [0.4, 0.5) is 4.79 Å². The van der Waals surface area contributed by atoms with E-state index in [9.17, 15) is 14.4 Å². The summed E-state index contributed by atoms with van der Waals surface area (Å²) in [5.41, 5.74) is 0.939. The molecular weight excluding hydrogens is 340 g/mol. The zero-order chi connectivity index (χ0) is 18.0. The maximum atomic E-state index is 12.4. The standard InChI is InChI=1S/C17H20N4O3S/c1-11(16-19-12-6-3-4-7-13(12)25-16)20(2)14(22)8-5-9-21-15(23)10-18-17(21)24/h3-4,6-7,11H,5,8-10H2,1-2H3,(H,18,24)/t11-/m1/s1. The highest BCUT2D eigenvalue weighted by Crippen LogP contribution is 2.29. The number of aromatic nitrogens is 1. The van der Waals surface area contributed by atoms with Crippen molar-refractivity contribution in [2.24, 2.45) is 0 Å². The van der Waals surface area contributed by atoms with Crippen LogP contribution in [0.3, 0.4) is 0 Å². The van der Waals surface area contributed by atoms with E-state index in [4.69, 9.17) is 0 Å². The minimum atomic E-state index is -0.381. The molecule has 132 valence electrons. The monoisotopic (exact) mass is 360 g/mol. The van der Waals surface area contributed by atoms with Gasteiger partial charge in [-0.2, -0.15) is 0 Å². The van der Waals surface area contributed by atoms with E-state index in [0.29, 0.717) is 6.42 Å². The van der Waals surface area contributed by atoms with Crippen LogP contribution in [0.25, 0.3) is 10.2 Å². The van der Waals surface area contributed by atoms with E-state index in [2.05, 4.69) is 10.3 Å². The van der Waals surface area contributed by atoms with Crippen LogP contribution >= 0.6 is 11.3 Å². The van der Waals surface area contributed by atoms with Crippen LogP contribution in [0, 0.1) is 0 Å². The first-order chi connectivity index (χ1) is 12.0. The second-order valence-electron chi connectivity index (χ2n) is 6.01. The van der Waals surface area contributed by atoms with Gasteiger partial charge < -0.3 is 10.2 Å². The summed E-state index contributed by atoms with van der Waals surface area (Å²) < 4.78 is 1.10. The summed E-state index contributed by atoms with van der Waals surface area (Å²) in [5.74, 6) is -0.271. The highest BCUT2D eigenvalue weighted by molar-refractivity contribution is 7.18. The molecular formula is C17H20N4O3S. The van der Waals surface area contributed by atoms with E-state index in [1.807, 2.05) is 31.2 Å². The lowest BCUT2D eigenvalue weighted by atomic mass is 10.2. The Kier molecular flexibility index (Phi) is 4.98. The highest BCUT2D eigenvalue weighted by Gasteiger charge is 2.28. The van der Waals surface area contributed by atoms with Crippen LogP contribution in [0.5, 0.6) is 0 Å². The van der Waals surface area contributed by atoms with Crippen molar-refractivity contribution < 1.29 is 14.4 Å². The molecule has 7 nitrogen and oxygen atoms in total. The zero-order valence-electron chi connectivity index (χ0n) is 14.2. The molecule has 1 aromatic heterocycles. The van der Waals surface area contributed by atoms with Crippen LogP contribution in [-0.4, -0.2) is 52.8 Å². The molecule has 1 aliphatic heterocycles. The van der Waals surface area contributed by atoms with Crippen molar-refractivity contribution >= 4 is 39.4 Å². The van der Waals surface area contributed by atoms with Crippen molar-refractivity contribution in [2.75, 3.05) is 20.1 Å². The number of carbonyl (C=O) groups excluding carboxylic acids is 3. The fourth-order valence-electron chi connectivity index (χ4n) is 2.70. The summed E-state index contributed by atoms with van der Waals surface area (Å²) in [5, 5.41) is 3.36. The van der Waals surface area contributed by atoms with Gasteiger partial charge in [0.2, 0.25) is 11.8 Å². The summed E-state index contributed by atoms with van der Waals surface area (Å²) in [4.78, 5) is 42.8. The van der Waals surface area contributed by atoms with Crippen molar-refractivity contribution in [3.8, 4) is 0 Å². The molecule has 1 aromatic carbocycles. The summed E-state index contributed by atoms with van der Waals surface area (Å²) in [6.45, 7) is 2.26. The van der Waals surface area contributed by atoms with E-state index in [1.54, 1.807) is 23.3 Å². The molecule has 0 bridgehead atoms. The highest BCUT2D eigenvalue weighted by atomic mass is 32.1. The SMILES string of the molecule is C[C@H](c1nc2ccccc2s1)N(C)C(=O)CCCN1C(=O)CNC1=O. The number of carbonyl (C=O) groups is 3. The molecule has 25 heavy (non-hydrogen) atoms.